The molecular formula is C22H24N2O3S. The van der Waals surface area contributed by atoms with Gasteiger partial charge in [-0.3, -0.25) is 4.79 Å². The third-order valence-electron chi connectivity index (χ3n) is 4.43. The molecule has 0 bridgehead atoms. The van der Waals surface area contributed by atoms with E-state index in [0.717, 1.165) is 11.3 Å². The predicted octanol–water partition coefficient (Wildman–Crippen LogP) is 4.16. The van der Waals surface area contributed by atoms with Gasteiger partial charge in [0.05, 0.1) is 19.3 Å². The molecule has 1 aliphatic heterocycles. The molecule has 0 radical (unpaired) electrons. The summed E-state index contributed by atoms with van der Waals surface area (Å²) in [5.41, 5.74) is 2.87. The highest BCUT2D eigenvalue weighted by Crippen LogP contribution is 2.35. The molecule has 0 amide bonds. The zero-order valence-electron chi connectivity index (χ0n) is 16.4. The zero-order chi connectivity index (χ0) is 20.3. The van der Waals surface area contributed by atoms with Crippen LogP contribution in [0.15, 0.2) is 59.8 Å². The summed E-state index contributed by atoms with van der Waals surface area (Å²) in [6.07, 6.45) is -0.00564. The van der Waals surface area contributed by atoms with Crippen LogP contribution in [0.1, 0.15) is 42.7 Å². The number of ketones is 1. The normalized spacial score (nSPS) is 16.5. The molecule has 28 heavy (non-hydrogen) atoms. The molecule has 2 aromatic carbocycles. The first-order valence-electron chi connectivity index (χ1n) is 9.13. The number of carbonyl (C=O) groups excluding carboxylic acids is 1. The van der Waals surface area contributed by atoms with Crippen LogP contribution in [-0.2, 0) is 0 Å². The first kappa shape index (κ1) is 19.9. The molecule has 1 heterocycles. The third-order valence-corrected chi connectivity index (χ3v) is 4.65. The van der Waals surface area contributed by atoms with E-state index in [0.29, 0.717) is 27.7 Å². The number of thiocarbonyl (C=S) groups is 1. The molecule has 0 saturated heterocycles. The molecule has 146 valence electrons. The highest BCUT2D eigenvalue weighted by Gasteiger charge is 2.31. The summed E-state index contributed by atoms with van der Waals surface area (Å²) in [4.78, 5) is 13.2. The van der Waals surface area contributed by atoms with Crippen molar-refractivity contribution in [2.45, 2.75) is 32.9 Å². The Morgan fingerprint density at radius 2 is 1.82 bits per heavy atom. The summed E-state index contributed by atoms with van der Waals surface area (Å²) in [5, 5.41) is 6.78. The third kappa shape index (κ3) is 4.17. The number of carbonyl (C=O) groups is 1. The second kappa shape index (κ2) is 8.44. The molecular weight excluding hydrogens is 372 g/mol. The second-order valence-corrected chi connectivity index (χ2v) is 7.25. The van der Waals surface area contributed by atoms with E-state index >= 15 is 0 Å². The van der Waals surface area contributed by atoms with E-state index in [2.05, 4.69) is 10.6 Å². The maximum absolute atomic E-state index is 13.2. The van der Waals surface area contributed by atoms with E-state index in [9.17, 15) is 4.79 Å². The summed E-state index contributed by atoms with van der Waals surface area (Å²) in [6.45, 7) is 5.78. The minimum atomic E-state index is -0.387. The zero-order valence-corrected chi connectivity index (χ0v) is 17.2. The van der Waals surface area contributed by atoms with Gasteiger partial charge in [0.1, 0.15) is 0 Å². The fourth-order valence-corrected chi connectivity index (χ4v) is 3.48. The summed E-state index contributed by atoms with van der Waals surface area (Å²) in [6, 6.07) is 14.5. The van der Waals surface area contributed by atoms with E-state index in [4.69, 9.17) is 21.7 Å². The molecule has 2 N–H and O–H groups in total. The van der Waals surface area contributed by atoms with Crippen LogP contribution in [0.2, 0.25) is 0 Å². The maximum Gasteiger partial charge on any atom is 0.193 e. The van der Waals surface area contributed by atoms with Gasteiger partial charge in [-0.1, -0.05) is 36.4 Å². The van der Waals surface area contributed by atoms with Gasteiger partial charge in [0.15, 0.2) is 22.4 Å². The highest BCUT2D eigenvalue weighted by molar-refractivity contribution is 7.80. The molecule has 1 atom stereocenters. The maximum atomic E-state index is 13.2. The van der Waals surface area contributed by atoms with Gasteiger partial charge >= 0.3 is 0 Å². The summed E-state index contributed by atoms with van der Waals surface area (Å²) in [5.74, 6) is 1.23. The van der Waals surface area contributed by atoms with Crippen molar-refractivity contribution in [3.8, 4) is 11.5 Å². The van der Waals surface area contributed by atoms with E-state index in [1.807, 2.05) is 69.3 Å². The van der Waals surface area contributed by atoms with Crippen molar-refractivity contribution in [1.82, 2.24) is 10.6 Å². The Balaban J connectivity index is 2.06. The topological polar surface area (TPSA) is 59.6 Å². The van der Waals surface area contributed by atoms with Crippen LogP contribution in [0.25, 0.3) is 0 Å². The molecule has 0 aliphatic carbocycles. The van der Waals surface area contributed by atoms with Crippen molar-refractivity contribution in [1.29, 1.82) is 0 Å². The van der Waals surface area contributed by atoms with Crippen molar-refractivity contribution >= 4 is 23.1 Å². The van der Waals surface area contributed by atoms with Crippen LogP contribution < -0.4 is 20.1 Å². The van der Waals surface area contributed by atoms with Crippen molar-refractivity contribution < 1.29 is 14.3 Å². The fraction of sp³-hybridized carbons (Fsp3) is 0.273. The number of rotatable bonds is 6. The van der Waals surface area contributed by atoms with Crippen LogP contribution >= 0.6 is 12.2 Å². The summed E-state index contributed by atoms with van der Waals surface area (Å²) in [7, 11) is 1.61. The van der Waals surface area contributed by atoms with Gasteiger partial charge in [-0.15, -0.1) is 0 Å². The van der Waals surface area contributed by atoms with Crippen LogP contribution in [0.4, 0.5) is 0 Å². The molecule has 0 aromatic heterocycles. The van der Waals surface area contributed by atoms with Gasteiger partial charge in [0, 0.05) is 16.8 Å². The van der Waals surface area contributed by atoms with Gasteiger partial charge in [-0.05, 0) is 50.7 Å². The molecule has 0 fully saturated rings. The lowest BCUT2D eigenvalue weighted by Crippen LogP contribution is -2.44. The van der Waals surface area contributed by atoms with E-state index in [1.165, 1.54) is 0 Å². The van der Waals surface area contributed by atoms with Gasteiger partial charge in [-0.2, -0.15) is 0 Å². The molecule has 6 heteroatoms. The Morgan fingerprint density at radius 1 is 1.11 bits per heavy atom. The number of nitrogens with one attached hydrogen (secondary N) is 2. The number of Topliss-reactive ketones (excluding diaryl/α,β-unsaturated/α-hetero) is 1. The Hall–Kier alpha value is -2.86. The van der Waals surface area contributed by atoms with Crippen molar-refractivity contribution in [3.05, 3.63) is 70.9 Å². The first-order chi connectivity index (χ1) is 13.4. The average Bonchev–Trinajstić information content (AvgIpc) is 2.67. The molecule has 1 aliphatic rings. The quantitative estimate of drug-likeness (QED) is 0.565. The number of benzene rings is 2. The van der Waals surface area contributed by atoms with E-state index < -0.39 is 0 Å². The van der Waals surface area contributed by atoms with Crippen molar-refractivity contribution in [2.75, 3.05) is 7.11 Å². The Morgan fingerprint density at radius 3 is 2.46 bits per heavy atom. The smallest absolute Gasteiger partial charge is 0.193 e. The lowest BCUT2D eigenvalue weighted by molar-refractivity contribution is 0.102. The number of ether oxygens (including phenoxy) is 2. The number of methoxy groups -OCH3 is 1. The van der Waals surface area contributed by atoms with Crippen LogP contribution in [-0.4, -0.2) is 24.1 Å². The average molecular weight is 397 g/mol. The Labute approximate surface area is 170 Å². The van der Waals surface area contributed by atoms with Crippen LogP contribution in [0.3, 0.4) is 0 Å². The summed E-state index contributed by atoms with van der Waals surface area (Å²) >= 11 is 5.34. The van der Waals surface area contributed by atoms with Crippen LogP contribution in [0, 0.1) is 0 Å². The van der Waals surface area contributed by atoms with Gasteiger partial charge in [0.25, 0.3) is 0 Å². The first-order valence-corrected chi connectivity index (χ1v) is 9.54. The number of allylic oxidation sites excluding steroid dienone is 1. The van der Waals surface area contributed by atoms with Crippen molar-refractivity contribution in [3.63, 3.8) is 0 Å². The molecule has 0 saturated carbocycles. The van der Waals surface area contributed by atoms with E-state index in [1.54, 1.807) is 7.11 Å². The van der Waals surface area contributed by atoms with Gasteiger partial charge < -0.3 is 20.1 Å². The lowest BCUT2D eigenvalue weighted by Gasteiger charge is -2.31. The minimum Gasteiger partial charge on any atom is -0.493 e. The molecule has 0 spiro atoms. The molecule has 5 nitrogen and oxygen atoms in total. The molecule has 2 aromatic rings. The second-order valence-electron chi connectivity index (χ2n) is 6.84. The predicted molar refractivity (Wildman–Crippen MR) is 114 cm³/mol. The standard InChI is InChI=1S/C22H24N2O3S/c1-13(2)27-18-12-16(10-11-17(18)26-4)20-19(14(3)23-22(28)24-20)21(25)15-8-6-5-7-9-15/h5-13,20H,1-4H3,(H2,23,24,28). The highest BCUT2D eigenvalue weighted by atomic mass is 32.1. The largest absolute Gasteiger partial charge is 0.493 e. The minimum absolute atomic E-state index is 0.00564. The molecule has 1 unspecified atom stereocenters. The lowest BCUT2D eigenvalue weighted by atomic mass is 9.89. The van der Waals surface area contributed by atoms with Crippen LogP contribution in [0.5, 0.6) is 11.5 Å². The Kier molecular flexibility index (Phi) is 5.99. The van der Waals surface area contributed by atoms with Crippen molar-refractivity contribution in [2.24, 2.45) is 0 Å². The SMILES string of the molecule is COc1ccc(C2NC(=S)NC(C)=C2C(=O)c2ccccc2)cc1OC(C)C. The summed E-state index contributed by atoms with van der Waals surface area (Å²) < 4.78 is 11.3. The number of hydrogen-bond acceptors (Lipinski definition) is 4. The Bertz CT molecular complexity index is 923. The monoisotopic (exact) mass is 396 g/mol. The van der Waals surface area contributed by atoms with Gasteiger partial charge in [0.2, 0.25) is 0 Å². The fourth-order valence-electron chi connectivity index (χ4n) is 3.21. The number of hydrogen-bond donors (Lipinski definition) is 2. The molecule has 3 rings (SSSR count). The van der Waals surface area contributed by atoms with E-state index in [-0.39, 0.29) is 17.9 Å². The van der Waals surface area contributed by atoms with Gasteiger partial charge in [-0.25, -0.2) is 0 Å².